The molecule has 0 unspecified atom stereocenters. The number of rotatable bonds is 1. The Kier molecular flexibility index (Phi) is 3.59. The molecule has 4 heteroatoms. The third kappa shape index (κ3) is 3.10. The van der Waals surface area contributed by atoms with Gasteiger partial charge in [0.25, 0.3) is 0 Å². The smallest absolute Gasteiger partial charge is 0.136 e. The van der Waals surface area contributed by atoms with E-state index in [9.17, 15) is 4.39 Å². The molecular formula is C15H16ClFN2. The molecule has 100 valence electrons. The normalized spacial score (nSPS) is 11.7. The molecule has 0 amide bonds. The highest BCUT2D eigenvalue weighted by atomic mass is 35.5. The van der Waals surface area contributed by atoms with Gasteiger partial charge in [-0.25, -0.2) is 14.4 Å². The summed E-state index contributed by atoms with van der Waals surface area (Å²) < 4.78 is 13.2. The van der Waals surface area contributed by atoms with Crippen LogP contribution in [0.1, 0.15) is 32.2 Å². The Morgan fingerprint density at radius 3 is 2.37 bits per heavy atom. The number of halogens is 2. The number of hydrogen-bond donors (Lipinski definition) is 0. The summed E-state index contributed by atoms with van der Waals surface area (Å²) in [5.74, 6) is 0.427. The molecule has 0 radical (unpaired) electrons. The van der Waals surface area contributed by atoms with Crippen LogP contribution in [0.4, 0.5) is 4.39 Å². The molecule has 2 rings (SSSR count). The van der Waals surface area contributed by atoms with E-state index in [1.807, 2.05) is 27.7 Å². The van der Waals surface area contributed by atoms with Crippen molar-refractivity contribution in [1.29, 1.82) is 0 Å². The lowest BCUT2D eigenvalue weighted by Gasteiger charge is -2.18. The van der Waals surface area contributed by atoms with Gasteiger partial charge in [-0.15, -0.1) is 0 Å². The largest absolute Gasteiger partial charge is 0.232 e. The second kappa shape index (κ2) is 4.89. The molecule has 1 aromatic heterocycles. The van der Waals surface area contributed by atoms with Crippen LogP contribution < -0.4 is 0 Å². The molecule has 0 saturated carbocycles. The van der Waals surface area contributed by atoms with Gasteiger partial charge >= 0.3 is 0 Å². The molecule has 2 aromatic rings. The fraction of sp³-hybridized carbons (Fsp3) is 0.333. The number of nitrogens with zero attached hydrogens (tertiary/aromatic N) is 2. The van der Waals surface area contributed by atoms with Crippen LogP contribution in [0.3, 0.4) is 0 Å². The lowest BCUT2D eigenvalue weighted by molar-refractivity contribution is 0.546. The van der Waals surface area contributed by atoms with E-state index in [-0.39, 0.29) is 11.2 Å². The molecule has 0 spiro atoms. The summed E-state index contributed by atoms with van der Waals surface area (Å²) in [6, 6.07) is 6.34. The molecule has 2 nitrogen and oxygen atoms in total. The third-order valence-corrected chi connectivity index (χ3v) is 3.02. The Labute approximate surface area is 117 Å². The fourth-order valence-electron chi connectivity index (χ4n) is 1.81. The van der Waals surface area contributed by atoms with Crippen molar-refractivity contribution in [1.82, 2.24) is 9.97 Å². The van der Waals surface area contributed by atoms with Crippen LogP contribution in [-0.2, 0) is 5.41 Å². The van der Waals surface area contributed by atoms with Crippen molar-refractivity contribution in [3.63, 3.8) is 0 Å². The molecule has 1 aromatic carbocycles. The highest BCUT2D eigenvalue weighted by Gasteiger charge is 2.19. The van der Waals surface area contributed by atoms with Crippen LogP contribution in [0.15, 0.2) is 24.3 Å². The first-order valence-electron chi connectivity index (χ1n) is 6.09. The molecule has 0 saturated heterocycles. The van der Waals surface area contributed by atoms with E-state index in [0.717, 1.165) is 16.8 Å². The van der Waals surface area contributed by atoms with Gasteiger partial charge in [-0.2, -0.15) is 0 Å². The second-order valence-corrected chi connectivity index (χ2v) is 6.00. The van der Waals surface area contributed by atoms with E-state index >= 15 is 0 Å². The van der Waals surface area contributed by atoms with Gasteiger partial charge in [0.1, 0.15) is 16.8 Å². The summed E-state index contributed by atoms with van der Waals surface area (Å²) >= 11 is 6.06. The summed E-state index contributed by atoms with van der Waals surface area (Å²) in [4.78, 5) is 8.81. The van der Waals surface area contributed by atoms with Gasteiger partial charge in [-0.1, -0.05) is 32.4 Å². The van der Waals surface area contributed by atoms with Crippen LogP contribution in [0.2, 0.25) is 5.15 Å². The van der Waals surface area contributed by atoms with Gasteiger partial charge in [0.05, 0.1) is 5.69 Å². The highest BCUT2D eigenvalue weighted by Crippen LogP contribution is 2.27. The summed E-state index contributed by atoms with van der Waals surface area (Å²) in [6.45, 7) is 7.94. The van der Waals surface area contributed by atoms with Crippen molar-refractivity contribution in [2.24, 2.45) is 0 Å². The second-order valence-electron chi connectivity index (χ2n) is 5.61. The third-order valence-electron chi connectivity index (χ3n) is 2.83. The van der Waals surface area contributed by atoms with Crippen molar-refractivity contribution in [3.8, 4) is 11.3 Å². The van der Waals surface area contributed by atoms with Crippen LogP contribution >= 0.6 is 11.6 Å². The summed E-state index contributed by atoms with van der Waals surface area (Å²) in [5.41, 5.74) is 2.24. The number of hydrogen-bond acceptors (Lipinski definition) is 2. The van der Waals surface area contributed by atoms with Gasteiger partial charge in [-0.05, 0) is 30.7 Å². The summed E-state index contributed by atoms with van der Waals surface area (Å²) in [6.07, 6.45) is 0. The van der Waals surface area contributed by atoms with E-state index in [0.29, 0.717) is 11.0 Å². The van der Waals surface area contributed by atoms with Crippen LogP contribution in [0, 0.1) is 12.7 Å². The minimum absolute atomic E-state index is 0.187. The van der Waals surface area contributed by atoms with E-state index in [2.05, 4.69) is 9.97 Å². The van der Waals surface area contributed by atoms with E-state index in [4.69, 9.17) is 11.6 Å². The Morgan fingerprint density at radius 2 is 1.79 bits per heavy atom. The van der Waals surface area contributed by atoms with Gasteiger partial charge < -0.3 is 0 Å². The molecule has 1 heterocycles. The van der Waals surface area contributed by atoms with Crippen molar-refractivity contribution < 1.29 is 4.39 Å². The van der Waals surface area contributed by atoms with Gasteiger partial charge in [0.15, 0.2) is 0 Å². The Balaban J connectivity index is 2.59. The van der Waals surface area contributed by atoms with Crippen molar-refractivity contribution in [3.05, 3.63) is 46.6 Å². The Hall–Kier alpha value is -1.48. The lowest BCUT2D eigenvalue weighted by Crippen LogP contribution is -2.16. The molecule has 0 atom stereocenters. The molecule has 0 aliphatic heterocycles. The predicted molar refractivity (Wildman–Crippen MR) is 75.9 cm³/mol. The topological polar surface area (TPSA) is 25.8 Å². The van der Waals surface area contributed by atoms with Crippen LogP contribution in [0.5, 0.6) is 0 Å². The zero-order valence-electron chi connectivity index (χ0n) is 11.5. The summed E-state index contributed by atoms with van der Waals surface area (Å²) in [5, 5.41) is 0.402. The van der Waals surface area contributed by atoms with Crippen molar-refractivity contribution in [2.75, 3.05) is 0 Å². The Morgan fingerprint density at radius 1 is 1.11 bits per heavy atom. The molecular weight excluding hydrogens is 263 g/mol. The van der Waals surface area contributed by atoms with Crippen molar-refractivity contribution in [2.45, 2.75) is 33.1 Å². The number of aryl methyl sites for hydroxylation is 1. The maximum absolute atomic E-state index is 13.2. The average molecular weight is 279 g/mol. The van der Waals surface area contributed by atoms with Crippen LogP contribution in [-0.4, -0.2) is 9.97 Å². The van der Waals surface area contributed by atoms with E-state index in [1.54, 1.807) is 12.1 Å². The van der Waals surface area contributed by atoms with Gasteiger partial charge in [0, 0.05) is 17.0 Å². The highest BCUT2D eigenvalue weighted by molar-refractivity contribution is 6.29. The zero-order valence-corrected chi connectivity index (χ0v) is 12.2. The average Bonchev–Trinajstić information content (AvgIpc) is 2.26. The molecule has 0 aliphatic rings. The number of benzene rings is 1. The molecule has 0 fully saturated rings. The molecule has 0 N–H and O–H groups in total. The summed E-state index contributed by atoms with van der Waals surface area (Å²) in [7, 11) is 0. The molecule has 0 bridgehead atoms. The van der Waals surface area contributed by atoms with Crippen molar-refractivity contribution >= 4 is 11.6 Å². The number of aromatic nitrogens is 2. The first-order chi connectivity index (χ1) is 8.77. The standard InChI is InChI=1S/C15H16ClFN2/c1-9-7-10(17)5-6-11(9)12-8-13(16)19-14(18-12)15(2,3)4/h5-8H,1-4H3. The minimum Gasteiger partial charge on any atom is -0.232 e. The lowest BCUT2D eigenvalue weighted by atomic mass is 9.95. The van der Waals surface area contributed by atoms with Gasteiger partial charge in [-0.3, -0.25) is 0 Å². The fourth-order valence-corrected chi connectivity index (χ4v) is 1.99. The van der Waals surface area contributed by atoms with E-state index < -0.39 is 0 Å². The maximum Gasteiger partial charge on any atom is 0.136 e. The van der Waals surface area contributed by atoms with Crippen LogP contribution in [0.25, 0.3) is 11.3 Å². The van der Waals surface area contributed by atoms with E-state index in [1.165, 1.54) is 12.1 Å². The quantitative estimate of drug-likeness (QED) is 0.716. The first-order valence-corrected chi connectivity index (χ1v) is 6.47. The monoisotopic (exact) mass is 278 g/mol. The molecule has 19 heavy (non-hydrogen) atoms. The SMILES string of the molecule is Cc1cc(F)ccc1-c1cc(Cl)nc(C(C)(C)C)n1. The molecule has 0 aliphatic carbocycles. The zero-order chi connectivity index (χ0) is 14.2. The predicted octanol–water partition coefficient (Wildman–Crippen LogP) is 4.54. The Bertz CT molecular complexity index is 618. The maximum atomic E-state index is 13.2. The first kappa shape index (κ1) is 13.9. The minimum atomic E-state index is -0.252. The van der Waals surface area contributed by atoms with Gasteiger partial charge in [0.2, 0.25) is 0 Å².